The fraction of sp³-hybridized carbons (Fsp3) is 0.586. The van der Waals surface area contributed by atoms with Crippen molar-refractivity contribution in [1.82, 2.24) is 10.6 Å². The summed E-state index contributed by atoms with van der Waals surface area (Å²) in [5.74, 6) is 0.846. The van der Waals surface area contributed by atoms with Gasteiger partial charge in [-0.1, -0.05) is 66.5 Å². The zero-order valence-corrected chi connectivity index (χ0v) is 22.0. The molecule has 2 amide bonds. The van der Waals surface area contributed by atoms with E-state index in [0.717, 1.165) is 36.1 Å². The van der Waals surface area contributed by atoms with Gasteiger partial charge in [-0.15, -0.1) is 0 Å². The fourth-order valence-electron chi connectivity index (χ4n) is 4.64. The minimum atomic E-state index is -0.845. The number of carbonyl (C=O) groups is 2. The van der Waals surface area contributed by atoms with Crippen LogP contribution < -0.4 is 10.6 Å². The van der Waals surface area contributed by atoms with Crippen molar-refractivity contribution in [3.63, 3.8) is 0 Å². The molecule has 1 saturated carbocycles. The van der Waals surface area contributed by atoms with Crippen LogP contribution in [0.1, 0.15) is 95.1 Å². The van der Waals surface area contributed by atoms with Crippen LogP contribution in [-0.2, 0) is 20.4 Å². The van der Waals surface area contributed by atoms with Crippen molar-refractivity contribution in [3.05, 3.63) is 58.9 Å². The summed E-state index contributed by atoms with van der Waals surface area (Å²) in [6, 6.07) is 6.17. The van der Waals surface area contributed by atoms with Crippen molar-refractivity contribution in [3.8, 4) is 0 Å². The molecule has 0 aliphatic heterocycles. The van der Waals surface area contributed by atoms with E-state index in [9.17, 15) is 9.59 Å². The largest absolute Gasteiger partial charge is 0.497 e. The SMILES string of the molecule is COC1=CCC(CNC(=O)C2(NC(=O)c3cc(C(C)(C)C)cc(C(C)(C)C)c3)CCCC2)C=C1. The van der Waals surface area contributed by atoms with Crippen LogP contribution in [0.25, 0.3) is 0 Å². The van der Waals surface area contributed by atoms with Gasteiger partial charge in [-0.25, -0.2) is 0 Å². The Kier molecular flexibility index (Phi) is 7.64. The molecule has 1 aromatic rings. The van der Waals surface area contributed by atoms with Gasteiger partial charge in [0, 0.05) is 12.1 Å². The van der Waals surface area contributed by atoms with Crippen molar-refractivity contribution in [2.24, 2.45) is 5.92 Å². The molecule has 0 heterocycles. The van der Waals surface area contributed by atoms with Crippen LogP contribution in [-0.4, -0.2) is 31.0 Å². The Balaban J connectivity index is 1.77. The minimum Gasteiger partial charge on any atom is -0.497 e. The molecule has 0 saturated heterocycles. The number of hydrogen-bond acceptors (Lipinski definition) is 3. The van der Waals surface area contributed by atoms with Crippen molar-refractivity contribution in [1.29, 1.82) is 0 Å². The molecule has 0 radical (unpaired) electrons. The van der Waals surface area contributed by atoms with Crippen molar-refractivity contribution < 1.29 is 14.3 Å². The molecular weight excluding hydrogens is 424 g/mol. The van der Waals surface area contributed by atoms with Crippen LogP contribution in [0.4, 0.5) is 0 Å². The number of methoxy groups -OCH3 is 1. The maximum Gasteiger partial charge on any atom is 0.252 e. The summed E-state index contributed by atoms with van der Waals surface area (Å²) < 4.78 is 5.25. The summed E-state index contributed by atoms with van der Waals surface area (Å²) in [6.45, 7) is 13.5. The number of benzene rings is 1. The first-order chi connectivity index (χ1) is 15.8. The number of carbonyl (C=O) groups excluding carboxylic acids is 2. The van der Waals surface area contributed by atoms with E-state index < -0.39 is 5.54 Å². The normalized spacial score (nSPS) is 20.0. The highest BCUT2D eigenvalue weighted by Gasteiger charge is 2.42. The molecule has 3 rings (SSSR count). The Morgan fingerprint density at radius 1 is 1.00 bits per heavy atom. The Bertz CT molecular complexity index is 938. The highest BCUT2D eigenvalue weighted by molar-refractivity contribution is 5.99. The second-order valence-electron chi connectivity index (χ2n) is 11.9. The van der Waals surface area contributed by atoms with Crippen LogP contribution in [0.3, 0.4) is 0 Å². The predicted molar refractivity (Wildman–Crippen MR) is 138 cm³/mol. The molecule has 5 heteroatoms. The summed E-state index contributed by atoms with van der Waals surface area (Å²) in [6.07, 6.45) is 10.1. The monoisotopic (exact) mass is 466 g/mol. The molecule has 0 spiro atoms. The van der Waals surface area contributed by atoms with Gasteiger partial charge in [0.15, 0.2) is 0 Å². The smallest absolute Gasteiger partial charge is 0.252 e. The van der Waals surface area contributed by atoms with E-state index in [-0.39, 0.29) is 28.6 Å². The molecule has 186 valence electrons. The Morgan fingerprint density at radius 3 is 2.06 bits per heavy atom. The van der Waals surface area contributed by atoms with Gasteiger partial charge in [0.05, 0.1) is 7.11 Å². The Labute approximate surface area is 205 Å². The predicted octanol–water partition coefficient (Wildman–Crippen LogP) is 5.55. The summed E-state index contributed by atoms with van der Waals surface area (Å²) in [5.41, 5.74) is 1.88. The van der Waals surface area contributed by atoms with Crippen LogP contribution in [0, 0.1) is 5.92 Å². The maximum atomic E-state index is 13.5. The third-order valence-electron chi connectivity index (χ3n) is 7.09. The van der Waals surface area contributed by atoms with Gasteiger partial charge in [0.1, 0.15) is 11.3 Å². The maximum absolute atomic E-state index is 13.5. The van der Waals surface area contributed by atoms with E-state index in [1.807, 2.05) is 24.3 Å². The quantitative estimate of drug-likeness (QED) is 0.578. The standard InChI is InChI=1S/C29H42N2O3/c1-27(2,3)22-16-21(17-23(18-22)28(4,5)6)25(32)31-29(14-8-9-15-29)26(33)30-19-20-10-12-24(34-7)13-11-20/h10,12-13,16-18,20H,8-9,11,14-15,19H2,1-7H3,(H,30,33)(H,31,32). The average Bonchev–Trinajstić information content (AvgIpc) is 3.26. The number of rotatable bonds is 6. The lowest BCUT2D eigenvalue weighted by atomic mass is 9.79. The second-order valence-corrected chi connectivity index (χ2v) is 11.9. The lowest BCUT2D eigenvalue weighted by Crippen LogP contribution is -2.57. The van der Waals surface area contributed by atoms with E-state index in [2.05, 4.69) is 64.3 Å². The lowest BCUT2D eigenvalue weighted by Gasteiger charge is -2.31. The first-order valence-electron chi connectivity index (χ1n) is 12.5. The summed E-state index contributed by atoms with van der Waals surface area (Å²) in [4.78, 5) is 26.9. The Hall–Kier alpha value is -2.56. The van der Waals surface area contributed by atoms with Crippen molar-refractivity contribution in [2.75, 3.05) is 13.7 Å². The highest BCUT2D eigenvalue weighted by atomic mass is 16.5. The van der Waals surface area contributed by atoms with E-state index >= 15 is 0 Å². The zero-order chi connectivity index (χ0) is 25.1. The molecule has 2 aliphatic rings. The molecule has 5 nitrogen and oxygen atoms in total. The van der Waals surface area contributed by atoms with Gasteiger partial charge in [0.25, 0.3) is 5.91 Å². The summed E-state index contributed by atoms with van der Waals surface area (Å²) >= 11 is 0. The molecule has 2 aliphatic carbocycles. The van der Waals surface area contributed by atoms with Crippen LogP contribution >= 0.6 is 0 Å². The second kappa shape index (κ2) is 9.97. The van der Waals surface area contributed by atoms with E-state index in [4.69, 9.17) is 4.74 Å². The Morgan fingerprint density at radius 2 is 1.59 bits per heavy atom. The topological polar surface area (TPSA) is 67.4 Å². The fourth-order valence-corrected chi connectivity index (χ4v) is 4.64. The number of allylic oxidation sites excluding steroid dienone is 2. The molecule has 34 heavy (non-hydrogen) atoms. The molecule has 2 N–H and O–H groups in total. The number of ether oxygens (including phenoxy) is 1. The van der Waals surface area contributed by atoms with Gasteiger partial charge in [-0.2, -0.15) is 0 Å². The van der Waals surface area contributed by atoms with Gasteiger partial charge in [0.2, 0.25) is 5.91 Å². The molecule has 1 unspecified atom stereocenters. The van der Waals surface area contributed by atoms with Crippen LogP contribution in [0.2, 0.25) is 0 Å². The zero-order valence-electron chi connectivity index (χ0n) is 22.0. The molecule has 1 aromatic carbocycles. The minimum absolute atomic E-state index is 0.0729. The van der Waals surface area contributed by atoms with Crippen molar-refractivity contribution >= 4 is 11.8 Å². The summed E-state index contributed by atoms with van der Waals surface area (Å²) in [7, 11) is 1.66. The van der Waals surface area contributed by atoms with Gasteiger partial charge in [-0.05, 0) is 71.4 Å². The molecule has 0 aromatic heterocycles. The third kappa shape index (κ3) is 6.11. The van der Waals surface area contributed by atoms with E-state index in [1.54, 1.807) is 7.11 Å². The summed E-state index contributed by atoms with van der Waals surface area (Å²) in [5, 5.41) is 6.29. The van der Waals surface area contributed by atoms with Crippen molar-refractivity contribution in [2.45, 2.75) is 90.0 Å². The third-order valence-corrected chi connectivity index (χ3v) is 7.09. The number of hydrogen-bond donors (Lipinski definition) is 2. The molecular formula is C29H42N2O3. The first-order valence-corrected chi connectivity index (χ1v) is 12.5. The molecule has 1 atom stereocenters. The van der Waals surface area contributed by atoms with Gasteiger partial charge < -0.3 is 15.4 Å². The lowest BCUT2D eigenvalue weighted by molar-refractivity contribution is -0.127. The number of nitrogens with one attached hydrogen (secondary N) is 2. The van der Waals surface area contributed by atoms with E-state index in [0.29, 0.717) is 24.9 Å². The van der Waals surface area contributed by atoms with Crippen LogP contribution in [0.15, 0.2) is 42.2 Å². The van der Waals surface area contributed by atoms with Gasteiger partial charge in [-0.3, -0.25) is 9.59 Å². The number of amides is 2. The van der Waals surface area contributed by atoms with Gasteiger partial charge >= 0.3 is 0 Å². The molecule has 0 bridgehead atoms. The molecule has 1 fully saturated rings. The van der Waals surface area contributed by atoms with Crippen LogP contribution in [0.5, 0.6) is 0 Å². The average molecular weight is 467 g/mol. The first kappa shape index (κ1) is 26.1. The van der Waals surface area contributed by atoms with E-state index in [1.165, 1.54) is 0 Å². The highest BCUT2D eigenvalue weighted by Crippen LogP contribution is 2.33.